The lowest BCUT2D eigenvalue weighted by atomic mass is 9.98. The smallest absolute Gasteiger partial charge is 0.252 e. The molecule has 0 fully saturated rings. The van der Waals surface area contributed by atoms with E-state index in [0.717, 1.165) is 28.8 Å². The molecule has 1 heterocycles. The van der Waals surface area contributed by atoms with Gasteiger partial charge < -0.3 is 0 Å². The highest BCUT2D eigenvalue weighted by molar-refractivity contribution is 5.78. The molecular formula is C20H17F3N2. The van der Waals surface area contributed by atoms with Crippen LogP contribution in [0.25, 0.3) is 22.5 Å². The van der Waals surface area contributed by atoms with E-state index in [2.05, 4.69) is 9.97 Å². The molecule has 0 bridgehead atoms. The molecule has 0 unspecified atom stereocenters. The van der Waals surface area contributed by atoms with E-state index in [0.29, 0.717) is 22.5 Å². The summed E-state index contributed by atoms with van der Waals surface area (Å²) in [7, 11) is 0. The van der Waals surface area contributed by atoms with Crippen molar-refractivity contribution >= 4 is 0 Å². The van der Waals surface area contributed by atoms with Gasteiger partial charge in [-0.2, -0.15) is 13.2 Å². The van der Waals surface area contributed by atoms with Gasteiger partial charge in [-0.3, -0.25) is 9.97 Å². The van der Waals surface area contributed by atoms with Crippen LogP contribution in [0.4, 0.5) is 13.2 Å². The molecular weight excluding hydrogens is 325 g/mol. The van der Waals surface area contributed by atoms with Crippen molar-refractivity contribution in [1.82, 2.24) is 9.97 Å². The van der Waals surface area contributed by atoms with E-state index in [1.165, 1.54) is 6.20 Å². The van der Waals surface area contributed by atoms with E-state index in [1.807, 2.05) is 32.0 Å². The Morgan fingerprint density at radius 1 is 0.640 bits per heavy atom. The molecule has 2 nitrogen and oxygen atoms in total. The zero-order chi connectivity index (χ0) is 18.2. The molecule has 0 atom stereocenters. The lowest BCUT2D eigenvalue weighted by molar-refractivity contribution is -0.137. The van der Waals surface area contributed by atoms with Crippen LogP contribution in [0.15, 0.2) is 48.8 Å². The Balaban J connectivity index is 2.21. The molecule has 0 aliphatic heterocycles. The first-order valence-electron chi connectivity index (χ1n) is 7.83. The second-order valence-corrected chi connectivity index (χ2v) is 6.22. The number of halogens is 3. The molecule has 0 saturated heterocycles. The Hall–Kier alpha value is -2.69. The van der Waals surface area contributed by atoms with Crippen molar-refractivity contribution < 1.29 is 13.2 Å². The highest BCUT2D eigenvalue weighted by Crippen LogP contribution is 2.35. The van der Waals surface area contributed by atoms with E-state index >= 15 is 0 Å². The van der Waals surface area contributed by atoms with Gasteiger partial charge in [0, 0.05) is 23.5 Å². The molecule has 2 aromatic carbocycles. The van der Waals surface area contributed by atoms with Gasteiger partial charge in [0.1, 0.15) is 0 Å². The first-order chi connectivity index (χ1) is 11.7. The normalized spacial score (nSPS) is 11.6. The fourth-order valence-electron chi connectivity index (χ4n) is 2.96. The second kappa shape index (κ2) is 6.31. The second-order valence-electron chi connectivity index (χ2n) is 6.22. The van der Waals surface area contributed by atoms with Crippen molar-refractivity contribution in [3.63, 3.8) is 0 Å². The molecule has 5 heteroatoms. The average Bonchev–Trinajstić information content (AvgIpc) is 2.52. The molecule has 0 N–H and O–H groups in total. The molecule has 0 radical (unpaired) electrons. The number of benzene rings is 2. The van der Waals surface area contributed by atoms with E-state index < -0.39 is 11.7 Å². The molecule has 3 rings (SSSR count). The molecule has 25 heavy (non-hydrogen) atoms. The van der Waals surface area contributed by atoms with Crippen LogP contribution < -0.4 is 0 Å². The lowest BCUT2D eigenvalue weighted by Gasteiger charge is -2.13. The number of nitrogens with zero attached hydrogens (tertiary/aromatic N) is 2. The van der Waals surface area contributed by atoms with Crippen molar-refractivity contribution in [1.29, 1.82) is 0 Å². The summed E-state index contributed by atoms with van der Waals surface area (Å²) in [5.41, 5.74) is 4.25. The fourth-order valence-corrected chi connectivity index (χ4v) is 2.96. The summed E-state index contributed by atoms with van der Waals surface area (Å²) in [6, 6.07) is 9.92. The van der Waals surface area contributed by atoms with Crippen molar-refractivity contribution in [3.8, 4) is 22.5 Å². The van der Waals surface area contributed by atoms with Gasteiger partial charge in [0.2, 0.25) is 0 Å². The Kier molecular flexibility index (Phi) is 4.33. The van der Waals surface area contributed by atoms with Gasteiger partial charge in [0.25, 0.3) is 0 Å². The molecule has 0 amide bonds. The largest absolute Gasteiger partial charge is 0.416 e. The summed E-state index contributed by atoms with van der Waals surface area (Å²) >= 11 is 0. The van der Waals surface area contributed by atoms with Crippen LogP contribution in [0.3, 0.4) is 0 Å². The predicted molar refractivity (Wildman–Crippen MR) is 92.1 cm³/mol. The minimum absolute atomic E-state index is 0.412. The van der Waals surface area contributed by atoms with Gasteiger partial charge >= 0.3 is 6.18 Å². The van der Waals surface area contributed by atoms with Gasteiger partial charge in [-0.15, -0.1) is 0 Å². The van der Waals surface area contributed by atoms with E-state index in [-0.39, 0.29) is 0 Å². The molecule has 0 aliphatic rings. The van der Waals surface area contributed by atoms with Crippen molar-refractivity contribution in [2.24, 2.45) is 0 Å². The zero-order valence-electron chi connectivity index (χ0n) is 14.1. The SMILES string of the molecule is Cc1cc(C)cc(-c2nccnc2-c2cc(C)cc(C(F)(F)F)c2)c1. The highest BCUT2D eigenvalue weighted by atomic mass is 19.4. The Bertz CT molecular complexity index is 910. The Labute approximate surface area is 144 Å². The maximum atomic E-state index is 13.2. The number of hydrogen-bond acceptors (Lipinski definition) is 2. The van der Waals surface area contributed by atoms with Gasteiger partial charge in [0.05, 0.1) is 17.0 Å². The molecule has 1 aromatic heterocycles. The van der Waals surface area contributed by atoms with Crippen molar-refractivity contribution in [2.45, 2.75) is 26.9 Å². The van der Waals surface area contributed by atoms with Crippen molar-refractivity contribution in [3.05, 3.63) is 71.0 Å². The minimum Gasteiger partial charge on any atom is -0.252 e. The standard InChI is InChI=1S/C20H17F3N2/c1-12-6-13(2)8-15(7-12)18-19(25-5-4-24-18)16-9-14(3)10-17(11-16)20(21,22)23/h4-11H,1-3H3. The third-order valence-electron chi connectivity index (χ3n) is 3.87. The summed E-state index contributed by atoms with van der Waals surface area (Å²) in [6.07, 6.45) is -1.35. The third kappa shape index (κ3) is 3.71. The molecule has 3 aromatic rings. The minimum atomic E-state index is -4.40. The number of aryl methyl sites for hydroxylation is 3. The molecule has 0 aliphatic carbocycles. The Morgan fingerprint density at radius 2 is 1.08 bits per heavy atom. The van der Waals surface area contributed by atoms with Gasteiger partial charge in [0.15, 0.2) is 0 Å². The van der Waals surface area contributed by atoms with Crippen LogP contribution in [0.2, 0.25) is 0 Å². The summed E-state index contributed by atoms with van der Waals surface area (Å²) in [5, 5.41) is 0. The summed E-state index contributed by atoms with van der Waals surface area (Å²) in [6.45, 7) is 5.59. The van der Waals surface area contributed by atoms with E-state index in [9.17, 15) is 13.2 Å². The first-order valence-corrected chi connectivity index (χ1v) is 7.83. The van der Waals surface area contributed by atoms with Gasteiger partial charge in [-0.05, 0) is 56.7 Å². The number of alkyl halides is 3. The van der Waals surface area contributed by atoms with Crippen molar-refractivity contribution in [2.75, 3.05) is 0 Å². The average molecular weight is 342 g/mol. The maximum Gasteiger partial charge on any atom is 0.416 e. The van der Waals surface area contributed by atoms with Crippen LogP contribution in [-0.2, 0) is 6.18 Å². The molecule has 128 valence electrons. The van der Waals surface area contributed by atoms with E-state index in [4.69, 9.17) is 0 Å². The van der Waals surface area contributed by atoms with Crippen LogP contribution in [0.1, 0.15) is 22.3 Å². The predicted octanol–water partition coefficient (Wildman–Crippen LogP) is 5.75. The highest BCUT2D eigenvalue weighted by Gasteiger charge is 2.31. The quantitative estimate of drug-likeness (QED) is 0.592. The van der Waals surface area contributed by atoms with Crippen LogP contribution in [-0.4, -0.2) is 9.97 Å². The molecule has 0 spiro atoms. The van der Waals surface area contributed by atoms with E-state index in [1.54, 1.807) is 19.2 Å². The first kappa shape index (κ1) is 17.1. The van der Waals surface area contributed by atoms with Crippen LogP contribution >= 0.6 is 0 Å². The summed E-state index contributed by atoms with van der Waals surface area (Å²) in [4.78, 5) is 8.70. The number of hydrogen-bond donors (Lipinski definition) is 0. The fraction of sp³-hybridized carbons (Fsp3) is 0.200. The van der Waals surface area contributed by atoms with Crippen LogP contribution in [0.5, 0.6) is 0 Å². The monoisotopic (exact) mass is 342 g/mol. The lowest BCUT2D eigenvalue weighted by Crippen LogP contribution is -2.06. The maximum absolute atomic E-state index is 13.2. The summed E-state index contributed by atoms with van der Waals surface area (Å²) < 4.78 is 39.5. The Morgan fingerprint density at radius 3 is 1.56 bits per heavy atom. The summed E-state index contributed by atoms with van der Waals surface area (Å²) in [5.74, 6) is 0. The zero-order valence-corrected chi connectivity index (χ0v) is 14.1. The van der Waals surface area contributed by atoms with Crippen LogP contribution in [0, 0.1) is 20.8 Å². The molecule has 0 saturated carbocycles. The van der Waals surface area contributed by atoms with Gasteiger partial charge in [-0.1, -0.05) is 17.2 Å². The third-order valence-corrected chi connectivity index (χ3v) is 3.87. The number of rotatable bonds is 2. The topological polar surface area (TPSA) is 25.8 Å². The number of aromatic nitrogens is 2. The van der Waals surface area contributed by atoms with Gasteiger partial charge in [-0.25, -0.2) is 0 Å².